The Balaban J connectivity index is 2.60. The summed E-state index contributed by atoms with van der Waals surface area (Å²) in [6.07, 6.45) is 1.15. The zero-order chi connectivity index (χ0) is 15.7. The lowest BCUT2D eigenvalue weighted by Crippen LogP contribution is -2.06. The average Bonchev–Trinajstić information content (AvgIpc) is 2.42. The Morgan fingerprint density at radius 1 is 0.571 bits per heavy atom. The number of benzene rings is 2. The van der Waals surface area contributed by atoms with Crippen molar-refractivity contribution in [1.29, 1.82) is 0 Å². The van der Waals surface area contributed by atoms with E-state index in [1.807, 2.05) is 0 Å². The standard InChI is InChI=1S/C21H28/c1-8-19(20-11-15(4)13(2)9-17(20)6)21-12-16(5)14(3)10-18(21)7/h9-12,19H,8H2,1-7H3. The Hall–Kier alpha value is -1.56. The van der Waals surface area contributed by atoms with Gasteiger partial charge < -0.3 is 0 Å². The molecule has 0 radical (unpaired) electrons. The van der Waals surface area contributed by atoms with Gasteiger partial charge in [0.1, 0.15) is 0 Å². The predicted molar refractivity (Wildman–Crippen MR) is 93.4 cm³/mol. The van der Waals surface area contributed by atoms with Gasteiger partial charge in [-0.25, -0.2) is 0 Å². The molecule has 0 fully saturated rings. The van der Waals surface area contributed by atoms with Gasteiger partial charge in [0.15, 0.2) is 0 Å². The number of aryl methyl sites for hydroxylation is 6. The van der Waals surface area contributed by atoms with Gasteiger partial charge in [-0.15, -0.1) is 0 Å². The topological polar surface area (TPSA) is 0 Å². The summed E-state index contributed by atoms with van der Waals surface area (Å²) in [4.78, 5) is 0. The van der Waals surface area contributed by atoms with Gasteiger partial charge in [0.2, 0.25) is 0 Å². The minimum atomic E-state index is 0.503. The summed E-state index contributed by atoms with van der Waals surface area (Å²) in [6, 6.07) is 9.47. The lowest BCUT2D eigenvalue weighted by atomic mass is 9.82. The summed E-state index contributed by atoms with van der Waals surface area (Å²) >= 11 is 0. The van der Waals surface area contributed by atoms with Gasteiger partial charge in [0.25, 0.3) is 0 Å². The molecule has 0 heteroatoms. The quantitative estimate of drug-likeness (QED) is 0.639. The molecule has 0 spiro atoms. The maximum Gasteiger partial charge on any atom is 0.00921 e. The summed E-state index contributed by atoms with van der Waals surface area (Å²) in [6.45, 7) is 15.6. The first-order chi connectivity index (χ1) is 9.85. The molecule has 0 saturated heterocycles. The molecule has 0 unspecified atom stereocenters. The fourth-order valence-corrected chi connectivity index (χ4v) is 3.32. The van der Waals surface area contributed by atoms with Crippen molar-refractivity contribution in [3.8, 4) is 0 Å². The highest BCUT2D eigenvalue weighted by Gasteiger charge is 2.18. The molecular formula is C21H28. The highest BCUT2D eigenvalue weighted by molar-refractivity contribution is 5.47. The zero-order valence-electron chi connectivity index (χ0n) is 14.6. The predicted octanol–water partition coefficient (Wildman–Crippen LogP) is 6.08. The van der Waals surface area contributed by atoms with Crippen molar-refractivity contribution >= 4 is 0 Å². The van der Waals surface area contributed by atoms with Crippen LogP contribution in [0.3, 0.4) is 0 Å². The van der Waals surface area contributed by atoms with Crippen LogP contribution in [0.4, 0.5) is 0 Å². The number of hydrogen-bond acceptors (Lipinski definition) is 0. The normalized spacial score (nSPS) is 11.2. The second-order valence-corrected chi connectivity index (χ2v) is 6.55. The first-order valence-electron chi connectivity index (χ1n) is 8.00. The first-order valence-corrected chi connectivity index (χ1v) is 8.00. The summed E-state index contributed by atoms with van der Waals surface area (Å²) < 4.78 is 0. The molecule has 0 bridgehead atoms. The molecule has 0 heterocycles. The van der Waals surface area contributed by atoms with E-state index in [-0.39, 0.29) is 0 Å². The van der Waals surface area contributed by atoms with Crippen LogP contribution in [0.25, 0.3) is 0 Å². The van der Waals surface area contributed by atoms with Crippen LogP contribution in [0, 0.1) is 41.5 Å². The van der Waals surface area contributed by atoms with Gasteiger partial charge in [-0.1, -0.05) is 31.2 Å². The smallest absolute Gasteiger partial charge is 0.00921 e. The minimum absolute atomic E-state index is 0.503. The molecule has 0 atom stereocenters. The first kappa shape index (κ1) is 15.8. The van der Waals surface area contributed by atoms with Crippen LogP contribution in [0.15, 0.2) is 24.3 Å². The van der Waals surface area contributed by atoms with E-state index in [2.05, 4.69) is 72.7 Å². The molecule has 0 amide bonds. The van der Waals surface area contributed by atoms with Crippen LogP contribution in [0.5, 0.6) is 0 Å². The third-order valence-corrected chi connectivity index (χ3v) is 4.92. The maximum atomic E-state index is 2.40. The average molecular weight is 280 g/mol. The van der Waals surface area contributed by atoms with Crippen LogP contribution in [-0.4, -0.2) is 0 Å². The van der Waals surface area contributed by atoms with E-state index in [9.17, 15) is 0 Å². The van der Waals surface area contributed by atoms with Gasteiger partial charge in [-0.05, 0) is 92.5 Å². The lowest BCUT2D eigenvalue weighted by molar-refractivity contribution is 0.762. The highest BCUT2D eigenvalue weighted by Crippen LogP contribution is 2.34. The van der Waals surface area contributed by atoms with E-state index in [0.717, 1.165) is 6.42 Å². The summed E-state index contributed by atoms with van der Waals surface area (Å²) in [5.41, 5.74) is 11.4. The third kappa shape index (κ3) is 3.05. The van der Waals surface area contributed by atoms with Crippen LogP contribution >= 0.6 is 0 Å². The minimum Gasteiger partial charge on any atom is -0.0645 e. The Morgan fingerprint density at radius 3 is 1.24 bits per heavy atom. The second-order valence-electron chi connectivity index (χ2n) is 6.55. The van der Waals surface area contributed by atoms with E-state index in [1.54, 1.807) is 0 Å². The number of rotatable bonds is 3. The molecule has 0 N–H and O–H groups in total. The van der Waals surface area contributed by atoms with Gasteiger partial charge in [-0.3, -0.25) is 0 Å². The van der Waals surface area contributed by atoms with Crippen molar-refractivity contribution in [2.24, 2.45) is 0 Å². The third-order valence-electron chi connectivity index (χ3n) is 4.92. The fraction of sp³-hybridized carbons (Fsp3) is 0.429. The summed E-state index contributed by atoms with van der Waals surface area (Å²) in [5, 5.41) is 0. The molecular weight excluding hydrogens is 252 g/mol. The van der Waals surface area contributed by atoms with E-state index < -0.39 is 0 Å². The van der Waals surface area contributed by atoms with Gasteiger partial charge >= 0.3 is 0 Å². The molecule has 0 aliphatic carbocycles. The van der Waals surface area contributed by atoms with Crippen molar-refractivity contribution in [3.05, 3.63) is 68.8 Å². The van der Waals surface area contributed by atoms with Crippen molar-refractivity contribution in [2.75, 3.05) is 0 Å². The van der Waals surface area contributed by atoms with Gasteiger partial charge in [0, 0.05) is 5.92 Å². The molecule has 0 aromatic heterocycles. The SMILES string of the molecule is CCC(c1cc(C)c(C)cc1C)c1cc(C)c(C)cc1C. The molecule has 2 aromatic rings. The molecule has 0 aliphatic heterocycles. The molecule has 0 saturated carbocycles. The largest absolute Gasteiger partial charge is 0.0645 e. The monoisotopic (exact) mass is 280 g/mol. The van der Waals surface area contributed by atoms with E-state index in [4.69, 9.17) is 0 Å². The Kier molecular flexibility index (Phi) is 4.56. The zero-order valence-corrected chi connectivity index (χ0v) is 14.6. The molecule has 0 nitrogen and oxygen atoms in total. The van der Waals surface area contributed by atoms with Gasteiger partial charge in [0.05, 0.1) is 0 Å². The van der Waals surface area contributed by atoms with Crippen LogP contribution < -0.4 is 0 Å². The van der Waals surface area contributed by atoms with E-state index >= 15 is 0 Å². The van der Waals surface area contributed by atoms with E-state index in [1.165, 1.54) is 44.5 Å². The molecule has 0 aliphatic rings. The highest BCUT2D eigenvalue weighted by atomic mass is 14.2. The molecule has 112 valence electrons. The molecule has 21 heavy (non-hydrogen) atoms. The van der Waals surface area contributed by atoms with Gasteiger partial charge in [-0.2, -0.15) is 0 Å². The van der Waals surface area contributed by atoms with Crippen molar-refractivity contribution in [3.63, 3.8) is 0 Å². The molecule has 2 aromatic carbocycles. The fourth-order valence-electron chi connectivity index (χ4n) is 3.32. The second kappa shape index (κ2) is 6.05. The van der Waals surface area contributed by atoms with Crippen molar-refractivity contribution in [2.45, 2.75) is 60.8 Å². The van der Waals surface area contributed by atoms with Crippen molar-refractivity contribution in [1.82, 2.24) is 0 Å². The summed E-state index contributed by atoms with van der Waals surface area (Å²) in [7, 11) is 0. The Bertz CT molecular complexity index is 605. The van der Waals surface area contributed by atoms with E-state index in [0.29, 0.717) is 5.92 Å². The van der Waals surface area contributed by atoms with Crippen LogP contribution in [0.1, 0.15) is 63.8 Å². The Labute approximate surface area is 130 Å². The summed E-state index contributed by atoms with van der Waals surface area (Å²) in [5.74, 6) is 0.503. The molecule has 2 rings (SSSR count). The van der Waals surface area contributed by atoms with Crippen molar-refractivity contribution < 1.29 is 0 Å². The Morgan fingerprint density at radius 2 is 0.905 bits per heavy atom. The number of hydrogen-bond donors (Lipinski definition) is 0. The van der Waals surface area contributed by atoms with Crippen LogP contribution in [0.2, 0.25) is 0 Å². The van der Waals surface area contributed by atoms with Crippen LogP contribution in [-0.2, 0) is 0 Å². The lowest BCUT2D eigenvalue weighted by Gasteiger charge is -2.23. The maximum absolute atomic E-state index is 2.40.